The molecule has 3 aromatic rings. The first kappa shape index (κ1) is 24.0. The molecule has 0 amide bonds. The van der Waals surface area contributed by atoms with Crippen LogP contribution in [0.15, 0.2) is 42.7 Å². The molecule has 0 bridgehead atoms. The summed E-state index contributed by atoms with van der Waals surface area (Å²) in [4.78, 5) is 18.5. The molecule has 4 rings (SSSR count). The van der Waals surface area contributed by atoms with Crippen LogP contribution < -0.4 is 9.47 Å². The van der Waals surface area contributed by atoms with Crippen molar-refractivity contribution >= 4 is 17.0 Å². The minimum atomic E-state index is -1.03. The summed E-state index contributed by atoms with van der Waals surface area (Å²) in [6.07, 6.45) is 6.09. The van der Waals surface area contributed by atoms with E-state index >= 15 is 0 Å². The van der Waals surface area contributed by atoms with Crippen molar-refractivity contribution in [2.75, 3.05) is 40.0 Å². The maximum atomic E-state index is 11.5. The van der Waals surface area contributed by atoms with Gasteiger partial charge in [0.25, 0.3) is 0 Å². The highest BCUT2D eigenvalue weighted by Crippen LogP contribution is 2.35. The number of hydrogen-bond acceptors (Lipinski definition) is 6. The lowest BCUT2D eigenvalue weighted by Gasteiger charge is -2.32. The lowest BCUT2D eigenvalue weighted by Crippen LogP contribution is -2.36. The Bertz CT molecular complexity index is 1120. The number of ether oxygens (including phenoxy) is 3. The van der Waals surface area contributed by atoms with Gasteiger partial charge in [0.15, 0.2) is 11.5 Å². The van der Waals surface area contributed by atoms with E-state index in [1.54, 1.807) is 12.1 Å². The van der Waals surface area contributed by atoms with Gasteiger partial charge in [0.1, 0.15) is 24.0 Å². The molecule has 0 aliphatic carbocycles. The molecule has 1 fully saturated rings. The third-order valence-electron chi connectivity index (χ3n) is 6.53. The Morgan fingerprint density at radius 1 is 1.24 bits per heavy atom. The maximum Gasteiger partial charge on any atom is 0.339 e. The van der Waals surface area contributed by atoms with Crippen molar-refractivity contribution in [3.8, 4) is 11.5 Å². The molecule has 8 heteroatoms. The van der Waals surface area contributed by atoms with Crippen molar-refractivity contribution in [3.63, 3.8) is 0 Å². The second kappa shape index (κ2) is 10.9. The lowest BCUT2D eigenvalue weighted by molar-refractivity contribution is 0.0275. The highest BCUT2D eigenvalue weighted by atomic mass is 16.5. The number of nitrogens with zero attached hydrogens (tertiary/aromatic N) is 3. The molecular weight excluding hydrogens is 434 g/mol. The van der Waals surface area contributed by atoms with Crippen molar-refractivity contribution in [2.45, 2.75) is 38.8 Å². The Morgan fingerprint density at radius 2 is 2.03 bits per heavy atom. The molecule has 0 radical (unpaired) electrons. The van der Waals surface area contributed by atoms with Gasteiger partial charge in [-0.15, -0.1) is 0 Å². The predicted octanol–water partition coefficient (Wildman–Crippen LogP) is 4.56. The molecule has 0 saturated carbocycles. The maximum absolute atomic E-state index is 11.5. The molecule has 1 aromatic carbocycles. The number of aromatic carboxylic acids is 1. The molecule has 34 heavy (non-hydrogen) atoms. The number of carboxylic acids is 1. The standard InChI is InChI=1S/C26H33N3O5/c1-4-33-18(2)29-17-22(20-8-6-12-27-25(20)29)19-10-13-28(14-11-19)15-16-34-24-21(26(30)31)7-5-9-23(24)32-3/h5-9,12,17-19H,4,10-11,13-16H2,1-3H3,(H,30,31). The van der Waals surface area contributed by atoms with Crippen LogP contribution in [0.4, 0.5) is 0 Å². The van der Waals surface area contributed by atoms with E-state index < -0.39 is 5.97 Å². The van der Waals surface area contributed by atoms with Gasteiger partial charge in [-0.1, -0.05) is 6.07 Å². The van der Waals surface area contributed by atoms with Gasteiger partial charge in [-0.25, -0.2) is 9.78 Å². The lowest BCUT2D eigenvalue weighted by atomic mass is 9.89. The van der Waals surface area contributed by atoms with Crippen LogP contribution in [0, 0.1) is 0 Å². The number of methoxy groups -OCH3 is 1. The summed E-state index contributed by atoms with van der Waals surface area (Å²) in [5.74, 6) is 0.162. The van der Waals surface area contributed by atoms with Crippen LogP contribution in [0.25, 0.3) is 11.0 Å². The largest absolute Gasteiger partial charge is 0.493 e. The fourth-order valence-corrected chi connectivity index (χ4v) is 4.77. The van der Waals surface area contributed by atoms with Gasteiger partial charge in [-0.3, -0.25) is 4.90 Å². The number of rotatable bonds is 10. The third kappa shape index (κ3) is 5.03. The molecule has 2 aromatic heterocycles. The Labute approximate surface area is 200 Å². The third-order valence-corrected chi connectivity index (χ3v) is 6.53. The first-order valence-corrected chi connectivity index (χ1v) is 11.9. The summed E-state index contributed by atoms with van der Waals surface area (Å²) in [5, 5.41) is 10.7. The van der Waals surface area contributed by atoms with E-state index in [0.29, 0.717) is 24.9 Å². The minimum Gasteiger partial charge on any atom is -0.493 e. The van der Waals surface area contributed by atoms with Crippen LogP contribution in [-0.4, -0.2) is 65.5 Å². The van der Waals surface area contributed by atoms with Gasteiger partial charge in [-0.2, -0.15) is 0 Å². The van der Waals surface area contributed by atoms with Crippen molar-refractivity contribution in [2.24, 2.45) is 0 Å². The average Bonchev–Trinajstić information content (AvgIpc) is 3.24. The molecule has 1 unspecified atom stereocenters. The van der Waals surface area contributed by atoms with Gasteiger partial charge < -0.3 is 23.9 Å². The number of benzene rings is 1. The smallest absolute Gasteiger partial charge is 0.339 e. The van der Waals surface area contributed by atoms with Crippen LogP contribution in [0.1, 0.15) is 54.8 Å². The molecule has 8 nitrogen and oxygen atoms in total. The number of carboxylic acid groups (broad SMARTS) is 1. The fraction of sp³-hybridized carbons (Fsp3) is 0.462. The van der Waals surface area contributed by atoms with E-state index in [1.807, 2.05) is 19.2 Å². The van der Waals surface area contributed by atoms with E-state index in [-0.39, 0.29) is 17.5 Å². The molecular formula is C26H33N3O5. The van der Waals surface area contributed by atoms with E-state index in [4.69, 9.17) is 14.2 Å². The molecule has 3 heterocycles. The van der Waals surface area contributed by atoms with Gasteiger partial charge in [0, 0.05) is 30.9 Å². The van der Waals surface area contributed by atoms with Crippen molar-refractivity contribution in [3.05, 3.63) is 53.9 Å². The Balaban J connectivity index is 1.38. The second-order valence-corrected chi connectivity index (χ2v) is 8.53. The normalized spacial score (nSPS) is 16.0. The highest BCUT2D eigenvalue weighted by molar-refractivity contribution is 5.92. The first-order valence-electron chi connectivity index (χ1n) is 11.9. The van der Waals surface area contributed by atoms with Crippen LogP contribution >= 0.6 is 0 Å². The second-order valence-electron chi connectivity index (χ2n) is 8.53. The van der Waals surface area contributed by atoms with Crippen LogP contribution in [0.5, 0.6) is 11.5 Å². The number of aromatic nitrogens is 2. The molecule has 182 valence electrons. The summed E-state index contributed by atoms with van der Waals surface area (Å²) in [7, 11) is 1.51. The average molecular weight is 468 g/mol. The van der Waals surface area contributed by atoms with E-state index in [1.165, 1.54) is 24.1 Å². The topological polar surface area (TPSA) is 86.0 Å². The zero-order valence-electron chi connectivity index (χ0n) is 20.1. The van der Waals surface area contributed by atoms with Gasteiger partial charge in [-0.05, 0) is 75.5 Å². The monoisotopic (exact) mass is 467 g/mol. The van der Waals surface area contributed by atoms with E-state index in [2.05, 4.69) is 33.6 Å². The summed E-state index contributed by atoms with van der Waals surface area (Å²) in [6, 6.07) is 9.05. The molecule has 1 aliphatic heterocycles. The quantitative estimate of drug-likeness (QED) is 0.468. The van der Waals surface area contributed by atoms with E-state index in [9.17, 15) is 9.90 Å². The van der Waals surface area contributed by atoms with Crippen LogP contribution in [0.2, 0.25) is 0 Å². The highest BCUT2D eigenvalue weighted by Gasteiger charge is 2.25. The van der Waals surface area contributed by atoms with Gasteiger partial charge in [0.05, 0.1) is 7.11 Å². The first-order chi connectivity index (χ1) is 16.5. The summed E-state index contributed by atoms with van der Waals surface area (Å²) in [6.45, 7) is 7.77. The van der Waals surface area contributed by atoms with Crippen LogP contribution in [-0.2, 0) is 4.74 Å². The minimum absolute atomic E-state index is 0.0564. The van der Waals surface area contributed by atoms with Crippen molar-refractivity contribution < 1.29 is 24.1 Å². The fourth-order valence-electron chi connectivity index (χ4n) is 4.77. The molecule has 1 saturated heterocycles. The van der Waals surface area contributed by atoms with Crippen molar-refractivity contribution in [1.29, 1.82) is 0 Å². The SMILES string of the molecule is CCOC(C)n1cc(C2CCN(CCOc3c(OC)cccc3C(=O)O)CC2)c2cccnc21. The Hall–Kier alpha value is -3.10. The summed E-state index contributed by atoms with van der Waals surface area (Å²) in [5.41, 5.74) is 2.43. The molecule has 1 atom stereocenters. The Morgan fingerprint density at radius 3 is 2.74 bits per heavy atom. The van der Waals surface area contributed by atoms with Gasteiger partial charge >= 0.3 is 5.97 Å². The number of piperidine rings is 1. The predicted molar refractivity (Wildman–Crippen MR) is 130 cm³/mol. The number of carbonyl (C=O) groups is 1. The summed E-state index contributed by atoms with van der Waals surface area (Å²) >= 11 is 0. The van der Waals surface area contributed by atoms with Crippen molar-refractivity contribution in [1.82, 2.24) is 14.5 Å². The summed E-state index contributed by atoms with van der Waals surface area (Å²) < 4.78 is 19.1. The zero-order chi connectivity index (χ0) is 24.1. The van der Waals surface area contributed by atoms with Gasteiger partial charge in [0.2, 0.25) is 0 Å². The number of likely N-dealkylation sites (tertiary alicyclic amines) is 1. The van der Waals surface area contributed by atoms with E-state index in [0.717, 1.165) is 38.1 Å². The number of fused-ring (bicyclic) bond motifs is 1. The number of pyridine rings is 1. The number of para-hydroxylation sites is 1. The van der Waals surface area contributed by atoms with Crippen LogP contribution in [0.3, 0.4) is 0 Å². The molecule has 1 aliphatic rings. The zero-order valence-corrected chi connectivity index (χ0v) is 20.1. The number of hydrogen-bond donors (Lipinski definition) is 1. The molecule has 1 N–H and O–H groups in total. The Kier molecular flexibility index (Phi) is 7.70. The molecule has 0 spiro atoms.